The van der Waals surface area contributed by atoms with Crippen LogP contribution < -0.4 is 5.32 Å². The molecule has 0 atom stereocenters. The minimum Gasteiger partial charge on any atom is -0.462 e. The molecule has 0 aromatic carbocycles. The molecule has 0 saturated carbocycles. The first kappa shape index (κ1) is 20.8. The molecule has 3 rings (SSSR count). The highest BCUT2D eigenvalue weighted by Gasteiger charge is 2.32. The van der Waals surface area contributed by atoms with E-state index in [0.717, 1.165) is 21.5 Å². The zero-order valence-corrected chi connectivity index (χ0v) is 16.9. The number of amides is 1. The molecule has 29 heavy (non-hydrogen) atoms. The number of nitrogens with one attached hydrogen (secondary N) is 1. The van der Waals surface area contributed by atoms with Gasteiger partial charge in [-0.1, -0.05) is 0 Å². The molecule has 0 aliphatic carbocycles. The maximum Gasteiger partial charge on any atom is 0.417 e. The van der Waals surface area contributed by atoms with Gasteiger partial charge >= 0.3 is 12.1 Å². The molecule has 3 aromatic rings. The van der Waals surface area contributed by atoms with Crippen LogP contribution in [0, 0.1) is 20.8 Å². The fourth-order valence-electron chi connectivity index (χ4n) is 2.93. The van der Waals surface area contributed by atoms with E-state index in [0.29, 0.717) is 5.56 Å². The number of esters is 1. The molecule has 154 valence electrons. The molecular formula is C19H18F3N3O3S. The van der Waals surface area contributed by atoms with Crippen LogP contribution in [0.4, 0.5) is 18.2 Å². The van der Waals surface area contributed by atoms with Crippen molar-refractivity contribution in [2.75, 3.05) is 11.9 Å². The maximum atomic E-state index is 13.1. The molecule has 0 aliphatic rings. The topological polar surface area (TPSA) is 72.7 Å². The summed E-state index contributed by atoms with van der Waals surface area (Å²) in [5, 5.41) is 2.92. The molecule has 0 radical (unpaired) electrons. The number of alkyl halides is 3. The van der Waals surface area contributed by atoms with Crippen molar-refractivity contribution >= 4 is 33.9 Å². The van der Waals surface area contributed by atoms with Gasteiger partial charge in [-0.25, -0.2) is 9.78 Å². The van der Waals surface area contributed by atoms with Crippen molar-refractivity contribution in [3.05, 3.63) is 51.3 Å². The van der Waals surface area contributed by atoms with Crippen molar-refractivity contribution < 1.29 is 27.5 Å². The molecule has 0 fully saturated rings. The summed E-state index contributed by atoms with van der Waals surface area (Å²) < 4.78 is 45.4. The van der Waals surface area contributed by atoms with E-state index in [-0.39, 0.29) is 34.2 Å². The number of hydrogen-bond acceptors (Lipinski definition) is 5. The number of fused-ring (bicyclic) bond motifs is 1. The van der Waals surface area contributed by atoms with Gasteiger partial charge in [-0.2, -0.15) is 13.2 Å². The number of aromatic nitrogens is 2. The number of pyridine rings is 1. The van der Waals surface area contributed by atoms with Gasteiger partial charge in [-0.3, -0.25) is 9.20 Å². The highest BCUT2D eigenvalue weighted by atomic mass is 32.1. The Kier molecular flexibility index (Phi) is 5.40. The van der Waals surface area contributed by atoms with Gasteiger partial charge in [0, 0.05) is 11.1 Å². The first-order valence-corrected chi connectivity index (χ1v) is 9.50. The SMILES string of the molecule is CCOC(=O)c1c(NC(=O)c2c(C)nc3ccc(C(F)(F)F)cn23)sc(C)c1C. The van der Waals surface area contributed by atoms with Crippen LogP contribution in [0.5, 0.6) is 0 Å². The number of anilines is 1. The third-order valence-electron chi connectivity index (χ3n) is 4.43. The Bertz CT molecular complexity index is 1120. The van der Waals surface area contributed by atoms with Crippen molar-refractivity contribution in [1.29, 1.82) is 0 Å². The van der Waals surface area contributed by atoms with Crippen molar-refractivity contribution in [3.63, 3.8) is 0 Å². The molecule has 0 spiro atoms. The highest BCUT2D eigenvalue weighted by molar-refractivity contribution is 7.16. The second kappa shape index (κ2) is 7.51. The van der Waals surface area contributed by atoms with Crippen molar-refractivity contribution in [3.8, 4) is 0 Å². The number of aryl methyl sites for hydroxylation is 2. The van der Waals surface area contributed by atoms with Gasteiger partial charge in [0.25, 0.3) is 5.91 Å². The summed E-state index contributed by atoms with van der Waals surface area (Å²) in [5.41, 5.74) is 0.466. The van der Waals surface area contributed by atoms with Crippen LogP contribution in [0.2, 0.25) is 0 Å². The fourth-order valence-corrected chi connectivity index (χ4v) is 3.97. The fraction of sp³-hybridized carbons (Fsp3) is 0.316. The second-order valence-electron chi connectivity index (χ2n) is 6.35. The summed E-state index contributed by atoms with van der Waals surface area (Å²) in [4.78, 5) is 30.2. The van der Waals surface area contributed by atoms with Gasteiger partial charge in [-0.05, 0) is 45.4 Å². The Morgan fingerprint density at radius 3 is 2.55 bits per heavy atom. The average molecular weight is 425 g/mol. The van der Waals surface area contributed by atoms with E-state index in [4.69, 9.17) is 4.74 Å². The lowest BCUT2D eigenvalue weighted by atomic mass is 10.1. The van der Waals surface area contributed by atoms with Gasteiger partial charge in [0.1, 0.15) is 16.3 Å². The van der Waals surface area contributed by atoms with Crippen LogP contribution in [0.25, 0.3) is 5.65 Å². The van der Waals surface area contributed by atoms with E-state index >= 15 is 0 Å². The Balaban J connectivity index is 2.04. The van der Waals surface area contributed by atoms with Crippen molar-refractivity contribution in [2.24, 2.45) is 0 Å². The van der Waals surface area contributed by atoms with Gasteiger partial charge in [0.2, 0.25) is 0 Å². The summed E-state index contributed by atoms with van der Waals surface area (Å²) in [6.07, 6.45) is -3.72. The van der Waals surface area contributed by atoms with Crippen LogP contribution in [-0.4, -0.2) is 27.9 Å². The van der Waals surface area contributed by atoms with Gasteiger partial charge in [0.05, 0.1) is 23.4 Å². The predicted octanol–water partition coefficient (Wildman–Crippen LogP) is 4.77. The van der Waals surface area contributed by atoms with Crippen LogP contribution in [0.15, 0.2) is 18.3 Å². The van der Waals surface area contributed by atoms with E-state index < -0.39 is 23.6 Å². The Morgan fingerprint density at radius 1 is 1.24 bits per heavy atom. The molecule has 6 nitrogen and oxygen atoms in total. The molecule has 0 unspecified atom stereocenters. The average Bonchev–Trinajstić information content (AvgIpc) is 3.09. The van der Waals surface area contributed by atoms with E-state index in [9.17, 15) is 22.8 Å². The number of imidazole rings is 1. The standard InChI is InChI=1S/C19H18F3N3O3S/c1-5-28-18(27)14-9(2)11(4)29-17(14)24-16(26)15-10(3)23-13-7-6-12(8-25(13)15)19(20,21)22/h6-8H,5H2,1-4H3,(H,24,26). The molecule has 3 aromatic heterocycles. The summed E-state index contributed by atoms with van der Waals surface area (Å²) in [5.74, 6) is -1.24. The molecular weight excluding hydrogens is 407 g/mol. The summed E-state index contributed by atoms with van der Waals surface area (Å²) in [6, 6.07) is 2.12. The van der Waals surface area contributed by atoms with E-state index in [1.807, 2.05) is 0 Å². The largest absolute Gasteiger partial charge is 0.462 e. The number of rotatable bonds is 4. The number of hydrogen-bond donors (Lipinski definition) is 1. The first-order chi connectivity index (χ1) is 13.5. The van der Waals surface area contributed by atoms with E-state index in [2.05, 4.69) is 10.3 Å². The molecule has 0 bridgehead atoms. The molecule has 1 amide bonds. The summed E-state index contributed by atoms with van der Waals surface area (Å²) in [7, 11) is 0. The molecule has 0 saturated heterocycles. The molecule has 0 aliphatic heterocycles. The van der Waals surface area contributed by atoms with Gasteiger partial charge in [0.15, 0.2) is 0 Å². The quantitative estimate of drug-likeness (QED) is 0.612. The van der Waals surface area contributed by atoms with Gasteiger partial charge in [-0.15, -0.1) is 11.3 Å². The number of carbonyl (C=O) groups is 2. The Hall–Kier alpha value is -2.88. The van der Waals surface area contributed by atoms with Gasteiger partial charge < -0.3 is 10.1 Å². The summed E-state index contributed by atoms with van der Waals surface area (Å²) >= 11 is 1.20. The molecule has 1 N–H and O–H groups in total. The number of nitrogens with zero attached hydrogens (tertiary/aromatic N) is 2. The van der Waals surface area contributed by atoms with Crippen LogP contribution in [0.1, 0.15) is 49.5 Å². The van der Waals surface area contributed by atoms with Crippen LogP contribution in [-0.2, 0) is 10.9 Å². The smallest absolute Gasteiger partial charge is 0.417 e. The zero-order chi connectivity index (χ0) is 21.5. The molecule has 10 heteroatoms. The van der Waals surface area contributed by atoms with E-state index in [1.165, 1.54) is 24.3 Å². The lowest BCUT2D eigenvalue weighted by Gasteiger charge is -2.10. The number of carbonyl (C=O) groups excluding carboxylic acids is 2. The maximum absolute atomic E-state index is 13.1. The van der Waals surface area contributed by atoms with Crippen molar-refractivity contribution in [1.82, 2.24) is 9.38 Å². The zero-order valence-electron chi connectivity index (χ0n) is 16.1. The van der Waals surface area contributed by atoms with Crippen molar-refractivity contribution in [2.45, 2.75) is 33.9 Å². The summed E-state index contributed by atoms with van der Waals surface area (Å²) in [6.45, 7) is 6.92. The first-order valence-electron chi connectivity index (χ1n) is 8.69. The van der Waals surface area contributed by atoms with Crippen LogP contribution >= 0.6 is 11.3 Å². The molecule has 3 heterocycles. The third-order valence-corrected chi connectivity index (χ3v) is 5.55. The monoisotopic (exact) mass is 425 g/mol. The number of ether oxygens (including phenoxy) is 1. The third kappa shape index (κ3) is 3.84. The Morgan fingerprint density at radius 2 is 1.93 bits per heavy atom. The number of halogens is 3. The highest BCUT2D eigenvalue weighted by Crippen LogP contribution is 2.34. The Labute approximate surface area is 168 Å². The predicted molar refractivity (Wildman–Crippen MR) is 103 cm³/mol. The lowest BCUT2D eigenvalue weighted by molar-refractivity contribution is -0.137. The lowest BCUT2D eigenvalue weighted by Crippen LogP contribution is -2.18. The minimum atomic E-state index is -4.56. The minimum absolute atomic E-state index is 0.0374. The second-order valence-corrected chi connectivity index (χ2v) is 7.58. The normalized spacial score (nSPS) is 11.7. The van der Waals surface area contributed by atoms with Crippen LogP contribution in [0.3, 0.4) is 0 Å². The number of thiophene rings is 1. The van der Waals surface area contributed by atoms with E-state index in [1.54, 1.807) is 20.8 Å².